The Hall–Kier alpha value is -2.82. The first kappa shape index (κ1) is 18.0. The first-order valence-corrected chi connectivity index (χ1v) is 8.63. The molecule has 134 valence electrons. The van der Waals surface area contributed by atoms with E-state index in [-0.39, 0.29) is 11.7 Å². The van der Waals surface area contributed by atoms with E-state index in [4.69, 9.17) is 0 Å². The highest BCUT2D eigenvalue weighted by Gasteiger charge is 2.26. The second kappa shape index (κ2) is 7.20. The van der Waals surface area contributed by atoms with Gasteiger partial charge in [0.1, 0.15) is 5.82 Å². The quantitative estimate of drug-likeness (QED) is 0.692. The summed E-state index contributed by atoms with van der Waals surface area (Å²) in [5.41, 5.74) is 2.92. The van der Waals surface area contributed by atoms with Crippen molar-refractivity contribution in [2.45, 2.75) is 33.6 Å². The van der Waals surface area contributed by atoms with E-state index in [1.54, 1.807) is 24.5 Å². The number of rotatable bonds is 4. The van der Waals surface area contributed by atoms with Gasteiger partial charge in [-0.2, -0.15) is 5.10 Å². The number of aryl methyl sites for hydroxylation is 2. The van der Waals surface area contributed by atoms with Crippen LogP contribution in [0.5, 0.6) is 0 Å². The Labute approximate surface area is 152 Å². The van der Waals surface area contributed by atoms with Crippen molar-refractivity contribution in [3.05, 3.63) is 71.9 Å². The molecular weight excluding hydrogens is 329 g/mol. The van der Waals surface area contributed by atoms with Crippen molar-refractivity contribution in [1.82, 2.24) is 14.8 Å². The first-order valence-electron chi connectivity index (χ1n) is 8.63. The fraction of sp³-hybridized carbons (Fsp3) is 0.286. The molecule has 0 bridgehead atoms. The summed E-state index contributed by atoms with van der Waals surface area (Å²) in [6, 6.07) is 12.1. The number of aromatic nitrogens is 3. The lowest BCUT2D eigenvalue weighted by atomic mass is 9.95. The van der Waals surface area contributed by atoms with Gasteiger partial charge >= 0.3 is 0 Å². The number of halogens is 1. The minimum Gasteiger partial charge on any atom is -0.272 e. The first-order chi connectivity index (χ1) is 12.3. The maximum Gasteiger partial charge on any atom is 0.252 e. The van der Waals surface area contributed by atoms with E-state index in [1.165, 1.54) is 16.8 Å². The Morgan fingerprint density at radius 3 is 2.46 bits per heavy atom. The third kappa shape index (κ3) is 4.04. The normalized spacial score (nSPS) is 11.5. The molecule has 3 aromatic rings. The lowest BCUT2D eigenvalue weighted by Gasteiger charge is -2.17. The topological polar surface area (TPSA) is 47.8 Å². The van der Waals surface area contributed by atoms with Crippen LogP contribution in [0.3, 0.4) is 0 Å². The summed E-state index contributed by atoms with van der Waals surface area (Å²) in [6.45, 7) is 5.64. The van der Waals surface area contributed by atoms with E-state index in [2.05, 4.69) is 10.1 Å². The molecule has 4 nitrogen and oxygen atoms in total. The van der Waals surface area contributed by atoms with Crippen LogP contribution < -0.4 is 0 Å². The Balaban J connectivity index is 1.92. The van der Waals surface area contributed by atoms with Crippen LogP contribution >= 0.6 is 0 Å². The molecule has 0 unspecified atom stereocenters. The van der Waals surface area contributed by atoms with Gasteiger partial charge in [-0.15, -0.1) is 0 Å². The van der Waals surface area contributed by atoms with E-state index in [0.29, 0.717) is 12.8 Å². The maximum atomic E-state index is 13.1. The summed E-state index contributed by atoms with van der Waals surface area (Å²) in [5, 5.41) is 4.54. The molecule has 5 heteroatoms. The summed E-state index contributed by atoms with van der Waals surface area (Å²) in [4.78, 5) is 16.9. The van der Waals surface area contributed by atoms with Gasteiger partial charge in [0.25, 0.3) is 5.91 Å². The molecule has 0 atom stereocenters. The lowest BCUT2D eigenvalue weighted by Crippen LogP contribution is -2.29. The van der Waals surface area contributed by atoms with Crippen LogP contribution in [-0.2, 0) is 12.8 Å². The van der Waals surface area contributed by atoms with Crippen molar-refractivity contribution < 1.29 is 9.18 Å². The average molecular weight is 351 g/mol. The molecule has 0 aliphatic carbocycles. The fourth-order valence-corrected chi connectivity index (χ4v) is 2.67. The van der Waals surface area contributed by atoms with Gasteiger partial charge in [0.05, 0.1) is 5.69 Å². The molecule has 0 fully saturated rings. The Morgan fingerprint density at radius 2 is 1.85 bits per heavy atom. The van der Waals surface area contributed by atoms with Crippen molar-refractivity contribution in [3.63, 3.8) is 0 Å². The minimum atomic E-state index is -0.539. The van der Waals surface area contributed by atoms with E-state index in [9.17, 15) is 9.18 Å². The van der Waals surface area contributed by atoms with Crippen LogP contribution in [0.4, 0.5) is 4.39 Å². The van der Waals surface area contributed by atoms with Crippen LogP contribution in [0.2, 0.25) is 0 Å². The van der Waals surface area contributed by atoms with Gasteiger partial charge in [-0.3, -0.25) is 9.78 Å². The van der Waals surface area contributed by atoms with Crippen LogP contribution in [0.25, 0.3) is 11.3 Å². The van der Waals surface area contributed by atoms with Gasteiger partial charge in [-0.05, 0) is 48.7 Å². The molecule has 0 amide bonds. The number of hydrogen-bond donors (Lipinski definition) is 0. The molecule has 0 saturated carbocycles. The van der Waals surface area contributed by atoms with Crippen molar-refractivity contribution in [2.75, 3.05) is 0 Å². The van der Waals surface area contributed by atoms with Crippen LogP contribution in [-0.4, -0.2) is 20.7 Å². The standard InChI is InChI=1S/C21H22FN3O/c1-21(2,3)20(26)25-18(11-8-15-6-9-17(22)10-7-15)13-19(24-25)16-5-4-12-23-14-16/h4-7,9-10,12-14H,8,11H2,1-3H3. The van der Waals surface area contributed by atoms with Gasteiger partial charge < -0.3 is 0 Å². The van der Waals surface area contributed by atoms with E-state index in [1.807, 2.05) is 39.0 Å². The van der Waals surface area contributed by atoms with Crippen molar-refractivity contribution in [2.24, 2.45) is 5.41 Å². The van der Waals surface area contributed by atoms with E-state index >= 15 is 0 Å². The van der Waals surface area contributed by atoms with Gasteiger partial charge in [0, 0.05) is 29.1 Å². The van der Waals surface area contributed by atoms with E-state index < -0.39 is 5.41 Å². The zero-order chi connectivity index (χ0) is 18.7. The summed E-state index contributed by atoms with van der Waals surface area (Å²) < 4.78 is 14.6. The smallest absolute Gasteiger partial charge is 0.252 e. The fourth-order valence-electron chi connectivity index (χ4n) is 2.67. The number of carbonyl (C=O) groups excluding carboxylic acids is 1. The average Bonchev–Trinajstić information content (AvgIpc) is 3.04. The minimum absolute atomic E-state index is 0.0539. The number of carbonyl (C=O) groups is 1. The van der Waals surface area contributed by atoms with Crippen molar-refractivity contribution >= 4 is 5.91 Å². The van der Waals surface area contributed by atoms with Crippen LogP contribution in [0.15, 0.2) is 54.9 Å². The van der Waals surface area contributed by atoms with Gasteiger partial charge in [-0.25, -0.2) is 9.07 Å². The monoisotopic (exact) mass is 351 g/mol. The number of hydrogen-bond acceptors (Lipinski definition) is 3. The molecule has 0 spiro atoms. The summed E-state index contributed by atoms with van der Waals surface area (Å²) in [7, 11) is 0. The highest BCUT2D eigenvalue weighted by atomic mass is 19.1. The van der Waals surface area contributed by atoms with E-state index in [0.717, 1.165) is 22.5 Å². The number of benzene rings is 1. The van der Waals surface area contributed by atoms with Crippen LogP contribution in [0.1, 0.15) is 36.8 Å². The molecule has 0 N–H and O–H groups in total. The molecular formula is C21H22FN3O. The molecule has 1 aromatic carbocycles. The summed E-state index contributed by atoms with van der Waals surface area (Å²) in [6.07, 6.45) is 4.78. The SMILES string of the molecule is CC(C)(C)C(=O)n1nc(-c2cccnc2)cc1CCc1ccc(F)cc1. The van der Waals surface area contributed by atoms with Gasteiger partial charge in [0.2, 0.25) is 0 Å². The zero-order valence-corrected chi connectivity index (χ0v) is 15.2. The third-order valence-electron chi connectivity index (χ3n) is 4.16. The molecule has 0 radical (unpaired) electrons. The number of nitrogens with zero attached hydrogens (tertiary/aromatic N) is 3. The summed E-state index contributed by atoms with van der Waals surface area (Å²) >= 11 is 0. The van der Waals surface area contributed by atoms with Crippen molar-refractivity contribution in [1.29, 1.82) is 0 Å². The van der Waals surface area contributed by atoms with Crippen molar-refractivity contribution in [3.8, 4) is 11.3 Å². The maximum absolute atomic E-state index is 13.1. The Kier molecular flexibility index (Phi) is 4.98. The summed E-state index contributed by atoms with van der Waals surface area (Å²) in [5.74, 6) is -0.303. The molecule has 3 rings (SSSR count). The second-order valence-electron chi connectivity index (χ2n) is 7.36. The third-order valence-corrected chi connectivity index (χ3v) is 4.16. The molecule has 0 aliphatic rings. The molecule has 2 heterocycles. The van der Waals surface area contributed by atoms with Gasteiger partial charge in [-0.1, -0.05) is 32.9 Å². The predicted octanol–water partition coefficient (Wildman–Crippen LogP) is 4.56. The molecule has 0 aliphatic heterocycles. The number of pyridine rings is 1. The zero-order valence-electron chi connectivity index (χ0n) is 15.2. The highest BCUT2D eigenvalue weighted by molar-refractivity contribution is 5.84. The Bertz CT molecular complexity index is 893. The largest absolute Gasteiger partial charge is 0.272 e. The molecule has 0 saturated heterocycles. The molecule has 26 heavy (non-hydrogen) atoms. The van der Waals surface area contributed by atoms with Gasteiger partial charge in [0.15, 0.2) is 0 Å². The second-order valence-corrected chi connectivity index (χ2v) is 7.36. The Morgan fingerprint density at radius 1 is 1.12 bits per heavy atom. The molecule has 2 aromatic heterocycles. The lowest BCUT2D eigenvalue weighted by molar-refractivity contribution is 0.0745. The highest BCUT2D eigenvalue weighted by Crippen LogP contribution is 2.23. The predicted molar refractivity (Wildman–Crippen MR) is 99.3 cm³/mol. The van der Waals surface area contributed by atoms with Crippen LogP contribution in [0, 0.1) is 11.2 Å².